The van der Waals surface area contributed by atoms with Gasteiger partial charge in [-0.2, -0.15) is 0 Å². The summed E-state index contributed by atoms with van der Waals surface area (Å²) in [5, 5.41) is 0.589. The number of hydrogen-bond donors (Lipinski definition) is 1. The fourth-order valence-corrected chi connectivity index (χ4v) is 3.96. The number of aryl methyl sites for hydroxylation is 1. The largest absolute Gasteiger partial charge is 0.378 e. The molecule has 0 aliphatic rings. The number of halogens is 1. The minimum atomic E-state index is -3.89. The number of rotatable bonds is 6. The van der Waals surface area contributed by atoms with E-state index in [1.54, 1.807) is 6.92 Å². The second-order valence-electron chi connectivity index (χ2n) is 4.77. The van der Waals surface area contributed by atoms with Gasteiger partial charge in [0, 0.05) is 7.11 Å². The lowest BCUT2D eigenvalue weighted by Gasteiger charge is -2.06. The molecule has 1 aromatic carbocycles. The fraction of sp³-hybridized carbons (Fsp3) is 0.286. The van der Waals surface area contributed by atoms with Crippen LogP contribution in [-0.4, -0.2) is 26.4 Å². The van der Waals surface area contributed by atoms with E-state index in [1.807, 2.05) is 4.72 Å². The number of amides is 1. The smallest absolute Gasteiger partial charge is 0.276 e. The van der Waals surface area contributed by atoms with Crippen molar-refractivity contribution in [3.05, 3.63) is 51.2 Å². The van der Waals surface area contributed by atoms with Crippen molar-refractivity contribution >= 4 is 27.3 Å². The number of hydrogen-bond acceptors (Lipinski definition) is 6. The van der Waals surface area contributed by atoms with Gasteiger partial charge in [-0.15, -0.1) is 11.3 Å². The van der Waals surface area contributed by atoms with E-state index in [-0.39, 0.29) is 11.5 Å². The van der Waals surface area contributed by atoms with E-state index in [4.69, 9.17) is 4.74 Å². The minimum Gasteiger partial charge on any atom is -0.378 e. The maximum atomic E-state index is 12.8. The van der Waals surface area contributed by atoms with Crippen LogP contribution < -0.4 is 4.72 Å². The van der Waals surface area contributed by atoms with Gasteiger partial charge in [0.2, 0.25) is 10.0 Å². The lowest BCUT2D eigenvalue weighted by molar-refractivity contribution is 0.0984. The van der Waals surface area contributed by atoms with Crippen LogP contribution in [0.3, 0.4) is 0 Å². The molecule has 0 radical (unpaired) electrons. The molecule has 0 bridgehead atoms. The SMILES string of the molecule is COCc1nc(C)c(C(=O)NS(=O)(=O)Cc2ccc(F)cc2)s1. The molecule has 2 rings (SSSR count). The van der Waals surface area contributed by atoms with Gasteiger partial charge in [0.15, 0.2) is 0 Å². The highest BCUT2D eigenvalue weighted by molar-refractivity contribution is 7.89. The monoisotopic (exact) mass is 358 g/mol. The van der Waals surface area contributed by atoms with E-state index < -0.39 is 27.5 Å². The third-order valence-electron chi connectivity index (χ3n) is 2.83. The zero-order valence-corrected chi connectivity index (χ0v) is 14.1. The molecule has 1 N–H and O–H groups in total. The molecule has 1 amide bonds. The number of sulfonamides is 1. The van der Waals surface area contributed by atoms with E-state index >= 15 is 0 Å². The van der Waals surface area contributed by atoms with Crippen molar-refractivity contribution < 1.29 is 22.3 Å². The van der Waals surface area contributed by atoms with Crippen molar-refractivity contribution in [2.75, 3.05) is 7.11 Å². The second-order valence-corrected chi connectivity index (χ2v) is 7.58. The number of benzene rings is 1. The first-order chi connectivity index (χ1) is 10.8. The zero-order chi connectivity index (χ0) is 17.0. The summed E-state index contributed by atoms with van der Waals surface area (Å²) in [6.45, 7) is 1.87. The van der Waals surface area contributed by atoms with Gasteiger partial charge in [0.05, 0.1) is 18.1 Å². The topological polar surface area (TPSA) is 85.4 Å². The lowest BCUT2D eigenvalue weighted by Crippen LogP contribution is -2.31. The normalized spacial score (nSPS) is 11.4. The number of carbonyl (C=O) groups excluding carboxylic acids is 1. The Labute approximate surface area is 137 Å². The third kappa shape index (κ3) is 4.81. The summed E-state index contributed by atoms with van der Waals surface area (Å²) < 4.78 is 43.9. The highest BCUT2D eigenvalue weighted by atomic mass is 32.2. The fourth-order valence-electron chi connectivity index (χ4n) is 1.87. The summed E-state index contributed by atoms with van der Waals surface area (Å²) >= 11 is 1.08. The summed E-state index contributed by atoms with van der Waals surface area (Å²) in [6, 6.07) is 5.04. The Morgan fingerprint density at radius 1 is 1.35 bits per heavy atom. The number of nitrogens with zero attached hydrogens (tertiary/aromatic N) is 1. The molecule has 0 saturated heterocycles. The van der Waals surface area contributed by atoms with Crippen LogP contribution in [0.5, 0.6) is 0 Å². The lowest BCUT2D eigenvalue weighted by atomic mass is 10.2. The number of thiazole rings is 1. The first-order valence-electron chi connectivity index (χ1n) is 6.55. The van der Waals surface area contributed by atoms with Gasteiger partial charge in [-0.25, -0.2) is 22.5 Å². The van der Waals surface area contributed by atoms with Crippen LogP contribution in [0.1, 0.15) is 25.9 Å². The summed E-state index contributed by atoms with van der Waals surface area (Å²) in [5.41, 5.74) is 0.823. The molecule has 0 spiro atoms. The first-order valence-corrected chi connectivity index (χ1v) is 9.02. The molecule has 0 saturated carbocycles. The van der Waals surface area contributed by atoms with Crippen LogP contribution in [0.2, 0.25) is 0 Å². The standard InChI is InChI=1S/C14H15FN2O4S2/c1-9-13(22-12(16-9)7-21-2)14(18)17-23(19,20)8-10-3-5-11(15)6-4-10/h3-6H,7-8H2,1-2H3,(H,17,18). The Morgan fingerprint density at radius 3 is 2.61 bits per heavy atom. The molecule has 0 aliphatic carbocycles. The molecule has 0 fully saturated rings. The van der Waals surface area contributed by atoms with Crippen LogP contribution in [0.4, 0.5) is 4.39 Å². The summed E-state index contributed by atoms with van der Waals surface area (Å²) in [6.07, 6.45) is 0. The van der Waals surface area contributed by atoms with Gasteiger partial charge < -0.3 is 4.74 Å². The van der Waals surface area contributed by atoms with Crippen LogP contribution in [0.15, 0.2) is 24.3 Å². The average molecular weight is 358 g/mol. The van der Waals surface area contributed by atoms with Crippen molar-refractivity contribution in [2.24, 2.45) is 0 Å². The van der Waals surface area contributed by atoms with Crippen molar-refractivity contribution in [2.45, 2.75) is 19.3 Å². The quantitative estimate of drug-likeness (QED) is 0.854. The van der Waals surface area contributed by atoms with Crippen LogP contribution in [0, 0.1) is 12.7 Å². The van der Waals surface area contributed by atoms with E-state index in [0.29, 0.717) is 16.3 Å². The highest BCUT2D eigenvalue weighted by Crippen LogP contribution is 2.19. The number of carbonyl (C=O) groups is 1. The van der Waals surface area contributed by atoms with E-state index in [2.05, 4.69) is 4.98 Å². The molecular weight excluding hydrogens is 343 g/mol. The van der Waals surface area contributed by atoms with E-state index in [1.165, 1.54) is 19.2 Å². The third-order valence-corrected chi connectivity index (χ3v) is 5.17. The van der Waals surface area contributed by atoms with E-state index in [0.717, 1.165) is 23.5 Å². The maximum absolute atomic E-state index is 12.8. The van der Waals surface area contributed by atoms with Gasteiger partial charge in [0.25, 0.3) is 5.91 Å². The number of nitrogens with one attached hydrogen (secondary N) is 1. The molecular formula is C14H15FN2O4S2. The van der Waals surface area contributed by atoms with Gasteiger partial charge >= 0.3 is 0 Å². The molecule has 0 atom stereocenters. The Morgan fingerprint density at radius 2 is 2.00 bits per heavy atom. The van der Waals surface area contributed by atoms with Crippen LogP contribution >= 0.6 is 11.3 Å². The zero-order valence-electron chi connectivity index (χ0n) is 12.5. The van der Waals surface area contributed by atoms with Gasteiger partial charge in [-0.1, -0.05) is 12.1 Å². The minimum absolute atomic E-state index is 0.222. The predicted octanol–water partition coefficient (Wildman–Crippen LogP) is 2.00. The molecule has 2 aromatic rings. The van der Waals surface area contributed by atoms with Crippen molar-refractivity contribution in [1.29, 1.82) is 0 Å². The summed E-state index contributed by atoms with van der Waals surface area (Å²) in [4.78, 5) is 16.5. The predicted molar refractivity (Wildman–Crippen MR) is 84.1 cm³/mol. The molecule has 9 heteroatoms. The van der Waals surface area contributed by atoms with Crippen LogP contribution in [0.25, 0.3) is 0 Å². The number of methoxy groups -OCH3 is 1. The molecule has 1 aromatic heterocycles. The van der Waals surface area contributed by atoms with Crippen molar-refractivity contribution in [3.63, 3.8) is 0 Å². The Bertz CT molecular complexity index is 801. The molecule has 0 aliphatic heterocycles. The number of aromatic nitrogens is 1. The van der Waals surface area contributed by atoms with Crippen LogP contribution in [-0.2, 0) is 27.1 Å². The molecule has 23 heavy (non-hydrogen) atoms. The maximum Gasteiger partial charge on any atom is 0.276 e. The molecule has 124 valence electrons. The Hall–Kier alpha value is -1.84. The Balaban J connectivity index is 2.10. The summed E-state index contributed by atoms with van der Waals surface area (Å²) in [7, 11) is -2.39. The average Bonchev–Trinajstić information content (AvgIpc) is 2.82. The second kappa shape index (κ2) is 7.16. The Kier molecular flexibility index (Phi) is 5.45. The van der Waals surface area contributed by atoms with Crippen molar-refractivity contribution in [3.8, 4) is 0 Å². The highest BCUT2D eigenvalue weighted by Gasteiger charge is 2.21. The summed E-state index contributed by atoms with van der Waals surface area (Å²) in [5.74, 6) is -1.60. The molecule has 1 heterocycles. The molecule has 6 nitrogen and oxygen atoms in total. The number of ether oxygens (including phenoxy) is 1. The van der Waals surface area contributed by atoms with E-state index in [9.17, 15) is 17.6 Å². The van der Waals surface area contributed by atoms with Crippen molar-refractivity contribution in [1.82, 2.24) is 9.71 Å². The first kappa shape index (κ1) is 17.5. The van der Waals surface area contributed by atoms with Gasteiger partial charge in [0.1, 0.15) is 15.7 Å². The van der Waals surface area contributed by atoms with Gasteiger partial charge in [-0.05, 0) is 24.6 Å². The molecule has 0 unspecified atom stereocenters. The van der Waals surface area contributed by atoms with Gasteiger partial charge in [-0.3, -0.25) is 4.79 Å².